The normalized spacial score (nSPS) is 14.0. The summed E-state index contributed by atoms with van der Waals surface area (Å²) in [6.45, 7) is 3.65. The average molecular weight is 332 g/mol. The van der Waals surface area contributed by atoms with Crippen LogP contribution in [0, 0.1) is 17.0 Å². The summed E-state index contributed by atoms with van der Waals surface area (Å²) < 4.78 is 0. The molecular formula is C15H16N4O3S. The summed E-state index contributed by atoms with van der Waals surface area (Å²) in [5, 5.41) is 13.6. The first-order valence-electron chi connectivity index (χ1n) is 7.32. The molecule has 23 heavy (non-hydrogen) atoms. The number of thiophene rings is 1. The lowest BCUT2D eigenvalue weighted by Gasteiger charge is -2.16. The highest BCUT2D eigenvalue weighted by atomic mass is 32.1. The van der Waals surface area contributed by atoms with Gasteiger partial charge in [-0.15, -0.1) is 11.3 Å². The van der Waals surface area contributed by atoms with Gasteiger partial charge in [-0.2, -0.15) is 0 Å². The van der Waals surface area contributed by atoms with Crippen LogP contribution in [-0.2, 0) is 0 Å². The highest BCUT2D eigenvalue weighted by Gasteiger charge is 2.20. The molecule has 0 saturated carbocycles. The van der Waals surface area contributed by atoms with Crippen molar-refractivity contribution in [2.75, 3.05) is 23.3 Å². The van der Waals surface area contributed by atoms with Crippen LogP contribution in [0.2, 0.25) is 0 Å². The Bertz CT molecular complexity index is 736. The van der Waals surface area contributed by atoms with Gasteiger partial charge in [-0.3, -0.25) is 14.9 Å². The van der Waals surface area contributed by atoms with Crippen LogP contribution in [0.1, 0.15) is 27.4 Å². The number of nitrogens with one attached hydrogen (secondary N) is 1. The SMILES string of the molecule is Cc1sc(C(=O)Nc2ccc(N3CCCC3)nc2)cc1[N+](=O)[O-]. The topological polar surface area (TPSA) is 88.4 Å². The first-order chi connectivity index (χ1) is 11.0. The van der Waals surface area contributed by atoms with Crippen molar-refractivity contribution in [2.24, 2.45) is 0 Å². The van der Waals surface area contributed by atoms with E-state index < -0.39 is 4.92 Å². The Hall–Kier alpha value is -2.48. The Labute approximate surface area is 137 Å². The van der Waals surface area contributed by atoms with E-state index in [-0.39, 0.29) is 11.6 Å². The summed E-state index contributed by atoms with van der Waals surface area (Å²) >= 11 is 1.11. The van der Waals surface area contributed by atoms with Crippen molar-refractivity contribution in [1.29, 1.82) is 0 Å². The molecule has 1 aliphatic rings. The van der Waals surface area contributed by atoms with Crippen molar-refractivity contribution >= 4 is 34.4 Å². The molecule has 8 heteroatoms. The fourth-order valence-electron chi connectivity index (χ4n) is 2.55. The van der Waals surface area contributed by atoms with Gasteiger partial charge in [0.05, 0.1) is 26.6 Å². The molecule has 0 radical (unpaired) electrons. The molecular weight excluding hydrogens is 316 g/mol. The summed E-state index contributed by atoms with van der Waals surface area (Å²) in [7, 11) is 0. The van der Waals surface area contributed by atoms with E-state index in [1.54, 1.807) is 19.2 Å². The highest BCUT2D eigenvalue weighted by Crippen LogP contribution is 2.28. The summed E-state index contributed by atoms with van der Waals surface area (Å²) in [5.41, 5.74) is 0.550. The number of hydrogen-bond donors (Lipinski definition) is 1. The van der Waals surface area contributed by atoms with Gasteiger partial charge in [-0.05, 0) is 31.9 Å². The van der Waals surface area contributed by atoms with Gasteiger partial charge in [0, 0.05) is 19.2 Å². The number of nitrogens with zero attached hydrogens (tertiary/aromatic N) is 3. The zero-order chi connectivity index (χ0) is 16.4. The van der Waals surface area contributed by atoms with Crippen LogP contribution < -0.4 is 10.2 Å². The van der Waals surface area contributed by atoms with Crippen molar-refractivity contribution < 1.29 is 9.72 Å². The zero-order valence-corrected chi connectivity index (χ0v) is 13.4. The monoisotopic (exact) mass is 332 g/mol. The molecule has 3 rings (SSSR count). The number of nitro groups is 1. The van der Waals surface area contributed by atoms with E-state index in [1.807, 2.05) is 6.07 Å². The molecule has 0 aromatic carbocycles. The summed E-state index contributed by atoms with van der Waals surface area (Å²) in [4.78, 5) is 30.0. The van der Waals surface area contributed by atoms with E-state index >= 15 is 0 Å². The van der Waals surface area contributed by atoms with Gasteiger partial charge in [0.2, 0.25) is 0 Å². The van der Waals surface area contributed by atoms with E-state index in [9.17, 15) is 14.9 Å². The Balaban J connectivity index is 1.70. The van der Waals surface area contributed by atoms with E-state index in [0.29, 0.717) is 15.4 Å². The number of hydrogen-bond acceptors (Lipinski definition) is 6. The number of pyridine rings is 1. The molecule has 0 spiro atoms. The molecule has 1 saturated heterocycles. The van der Waals surface area contributed by atoms with Crippen LogP contribution in [0.3, 0.4) is 0 Å². The number of rotatable bonds is 4. The molecule has 3 heterocycles. The van der Waals surface area contributed by atoms with Gasteiger partial charge < -0.3 is 10.2 Å². The van der Waals surface area contributed by atoms with Crippen LogP contribution in [0.4, 0.5) is 17.2 Å². The van der Waals surface area contributed by atoms with E-state index in [0.717, 1.165) is 30.2 Å². The molecule has 1 aliphatic heterocycles. The molecule has 0 bridgehead atoms. The number of amides is 1. The molecule has 1 amide bonds. The predicted molar refractivity (Wildman–Crippen MR) is 89.3 cm³/mol. The van der Waals surface area contributed by atoms with Crippen LogP contribution >= 0.6 is 11.3 Å². The second-order valence-corrected chi connectivity index (χ2v) is 6.62. The maximum Gasteiger partial charge on any atom is 0.283 e. The Kier molecular flexibility index (Phi) is 4.24. The number of aromatic nitrogens is 1. The average Bonchev–Trinajstić information content (AvgIpc) is 3.17. The van der Waals surface area contributed by atoms with Crippen LogP contribution in [0.15, 0.2) is 24.4 Å². The van der Waals surface area contributed by atoms with E-state index in [2.05, 4.69) is 15.2 Å². The van der Waals surface area contributed by atoms with Gasteiger partial charge in [-0.25, -0.2) is 4.98 Å². The molecule has 120 valence electrons. The van der Waals surface area contributed by atoms with Gasteiger partial charge >= 0.3 is 0 Å². The molecule has 1 N–H and O–H groups in total. The van der Waals surface area contributed by atoms with E-state index in [1.165, 1.54) is 18.9 Å². The Morgan fingerprint density at radius 2 is 2.13 bits per heavy atom. The number of carbonyl (C=O) groups is 1. The Morgan fingerprint density at radius 3 is 2.70 bits per heavy atom. The van der Waals surface area contributed by atoms with Crippen molar-refractivity contribution in [1.82, 2.24) is 4.98 Å². The minimum absolute atomic E-state index is 0.0253. The maximum absolute atomic E-state index is 12.2. The first-order valence-corrected chi connectivity index (χ1v) is 8.13. The number of carbonyl (C=O) groups excluding carboxylic acids is 1. The minimum Gasteiger partial charge on any atom is -0.357 e. The van der Waals surface area contributed by atoms with Crippen molar-refractivity contribution in [3.8, 4) is 0 Å². The lowest BCUT2D eigenvalue weighted by molar-refractivity contribution is -0.385. The van der Waals surface area contributed by atoms with Crippen molar-refractivity contribution in [2.45, 2.75) is 19.8 Å². The molecule has 0 atom stereocenters. The second kappa shape index (κ2) is 6.33. The molecule has 1 fully saturated rings. The predicted octanol–water partition coefficient (Wildman–Crippen LogP) is 3.21. The first kappa shape index (κ1) is 15.4. The smallest absolute Gasteiger partial charge is 0.283 e. The second-order valence-electron chi connectivity index (χ2n) is 5.36. The lowest BCUT2D eigenvalue weighted by Crippen LogP contribution is -2.19. The third-order valence-electron chi connectivity index (χ3n) is 3.75. The maximum atomic E-state index is 12.2. The van der Waals surface area contributed by atoms with Crippen LogP contribution in [0.25, 0.3) is 0 Å². The highest BCUT2D eigenvalue weighted by molar-refractivity contribution is 7.14. The van der Waals surface area contributed by atoms with Crippen molar-refractivity contribution in [3.63, 3.8) is 0 Å². The minimum atomic E-state index is -0.477. The molecule has 2 aromatic heterocycles. The Morgan fingerprint density at radius 1 is 1.39 bits per heavy atom. The molecule has 2 aromatic rings. The van der Waals surface area contributed by atoms with E-state index in [4.69, 9.17) is 0 Å². The molecule has 0 unspecified atom stereocenters. The van der Waals surface area contributed by atoms with Crippen LogP contribution in [0.5, 0.6) is 0 Å². The summed E-state index contributed by atoms with van der Waals surface area (Å²) in [6, 6.07) is 4.98. The van der Waals surface area contributed by atoms with Gasteiger partial charge in [0.25, 0.3) is 11.6 Å². The third-order valence-corrected chi connectivity index (χ3v) is 4.79. The fraction of sp³-hybridized carbons (Fsp3) is 0.333. The number of aryl methyl sites for hydroxylation is 1. The van der Waals surface area contributed by atoms with Gasteiger partial charge in [-0.1, -0.05) is 0 Å². The largest absolute Gasteiger partial charge is 0.357 e. The lowest BCUT2D eigenvalue weighted by atomic mass is 10.3. The van der Waals surface area contributed by atoms with Crippen LogP contribution in [-0.4, -0.2) is 28.9 Å². The van der Waals surface area contributed by atoms with Gasteiger partial charge in [0.15, 0.2) is 0 Å². The number of anilines is 2. The molecule has 7 nitrogen and oxygen atoms in total. The fourth-order valence-corrected chi connectivity index (χ4v) is 3.43. The standard InChI is InChI=1S/C15H16N4O3S/c1-10-12(19(21)22)8-13(23-10)15(20)17-11-4-5-14(16-9-11)18-6-2-3-7-18/h4-5,8-9H,2-3,6-7H2,1H3,(H,17,20). The quantitative estimate of drug-likeness (QED) is 0.686. The third kappa shape index (κ3) is 3.31. The van der Waals surface area contributed by atoms with Gasteiger partial charge in [0.1, 0.15) is 5.82 Å². The zero-order valence-electron chi connectivity index (χ0n) is 12.6. The summed E-state index contributed by atoms with van der Waals surface area (Å²) in [5.74, 6) is 0.546. The van der Waals surface area contributed by atoms with Crippen molar-refractivity contribution in [3.05, 3.63) is 44.3 Å². The summed E-state index contributed by atoms with van der Waals surface area (Å²) in [6.07, 6.45) is 3.97. The molecule has 0 aliphatic carbocycles.